The van der Waals surface area contributed by atoms with Crippen LogP contribution in [0.15, 0.2) is 27.5 Å². The van der Waals surface area contributed by atoms with Crippen LogP contribution in [0.2, 0.25) is 0 Å². The molecular weight excluding hydrogens is 294 g/mol. The SMILES string of the molecule is O=c1[nH]c(N2CCCCC2)nc2cc(Br)ccc12. The molecule has 0 aliphatic carbocycles. The second-order valence-corrected chi connectivity index (χ2v) is 5.51. The number of nitrogens with one attached hydrogen (secondary N) is 1. The molecule has 18 heavy (non-hydrogen) atoms. The van der Waals surface area contributed by atoms with Crippen LogP contribution in [0.5, 0.6) is 0 Å². The molecule has 1 aromatic heterocycles. The summed E-state index contributed by atoms with van der Waals surface area (Å²) in [6, 6.07) is 5.54. The number of piperidine rings is 1. The van der Waals surface area contributed by atoms with Crippen molar-refractivity contribution in [3.8, 4) is 0 Å². The molecule has 1 aliphatic rings. The molecule has 1 aromatic carbocycles. The molecule has 2 aromatic rings. The third-order valence-electron chi connectivity index (χ3n) is 3.31. The highest BCUT2D eigenvalue weighted by Crippen LogP contribution is 2.19. The number of H-pyrrole nitrogens is 1. The zero-order valence-corrected chi connectivity index (χ0v) is 11.5. The van der Waals surface area contributed by atoms with Gasteiger partial charge in [-0.05, 0) is 37.5 Å². The van der Waals surface area contributed by atoms with Crippen molar-refractivity contribution in [2.24, 2.45) is 0 Å². The van der Waals surface area contributed by atoms with Gasteiger partial charge >= 0.3 is 0 Å². The molecule has 1 aliphatic heterocycles. The number of hydrogen-bond acceptors (Lipinski definition) is 3. The van der Waals surface area contributed by atoms with Gasteiger partial charge in [0.25, 0.3) is 5.56 Å². The maximum atomic E-state index is 12.0. The monoisotopic (exact) mass is 307 g/mol. The Morgan fingerprint density at radius 1 is 1.22 bits per heavy atom. The molecule has 0 saturated carbocycles. The number of hydrogen-bond donors (Lipinski definition) is 1. The van der Waals surface area contributed by atoms with Gasteiger partial charge in [0.15, 0.2) is 0 Å². The number of benzene rings is 1. The van der Waals surface area contributed by atoms with Crippen molar-refractivity contribution in [2.75, 3.05) is 18.0 Å². The molecule has 2 heterocycles. The number of anilines is 1. The number of aromatic amines is 1. The topological polar surface area (TPSA) is 49.0 Å². The molecule has 0 amide bonds. The lowest BCUT2D eigenvalue weighted by molar-refractivity contribution is 0.568. The second-order valence-electron chi connectivity index (χ2n) is 4.60. The fourth-order valence-corrected chi connectivity index (χ4v) is 2.70. The first-order valence-electron chi connectivity index (χ1n) is 6.18. The number of fused-ring (bicyclic) bond motifs is 1. The van der Waals surface area contributed by atoms with E-state index in [4.69, 9.17) is 0 Å². The Kier molecular flexibility index (Phi) is 3.07. The first-order chi connectivity index (χ1) is 8.74. The van der Waals surface area contributed by atoms with Gasteiger partial charge in [-0.25, -0.2) is 4.98 Å². The van der Waals surface area contributed by atoms with Gasteiger partial charge in [0.05, 0.1) is 10.9 Å². The minimum Gasteiger partial charge on any atom is -0.342 e. The van der Waals surface area contributed by atoms with E-state index < -0.39 is 0 Å². The molecule has 0 unspecified atom stereocenters. The molecule has 0 atom stereocenters. The first kappa shape index (κ1) is 11.7. The zero-order chi connectivity index (χ0) is 12.5. The molecule has 0 bridgehead atoms. The smallest absolute Gasteiger partial charge is 0.260 e. The number of nitrogens with zero attached hydrogens (tertiary/aromatic N) is 2. The quantitative estimate of drug-likeness (QED) is 0.881. The van der Waals surface area contributed by atoms with E-state index in [-0.39, 0.29) is 5.56 Å². The Bertz CT molecular complexity index is 632. The van der Waals surface area contributed by atoms with Crippen LogP contribution >= 0.6 is 15.9 Å². The third kappa shape index (κ3) is 2.14. The van der Waals surface area contributed by atoms with Crippen molar-refractivity contribution in [2.45, 2.75) is 19.3 Å². The van der Waals surface area contributed by atoms with E-state index in [0.717, 1.165) is 23.1 Å². The maximum Gasteiger partial charge on any atom is 0.260 e. The van der Waals surface area contributed by atoms with Gasteiger partial charge in [0, 0.05) is 17.6 Å². The Morgan fingerprint density at radius 2 is 2.00 bits per heavy atom. The molecule has 1 N–H and O–H groups in total. The molecule has 1 fully saturated rings. The van der Waals surface area contributed by atoms with E-state index in [2.05, 4.69) is 30.8 Å². The highest BCUT2D eigenvalue weighted by atomic mass is 79.9. The Hall–Kier alpha value is -1.36. The number of halogens is 1. The van der Waals surface area contributed by atoms with E-state index in [1.807, 2.05) is 12.1 Å². The molecule has 0 radical (unpaired) electrons. The van der Waals surface area contributed by atoms with Crippen molar-refractivity contribution in [1.82, 2.24) is 9.97 Å². The van der Waals surface area contributed by atoms with Gasteiger partial charge in [-0.3, -0.25) is 9.78 Å². The normalized spacial score (nSPS) is 16.2. The Balaban J connectivity index is 2.10. The predicted molar refractivity (Wildman–Crippen MR) is 76.1 cm³/mol. The largest absolute Gasteiger partial charge is 0.342 e. The van der Waals surface area contributed by atoms with Crippen LogP contribution in [0.4, 0.5) is 5.95 Å². The third-order valence-corrected chi connectivity index (χ3v) is 3.80. The first-order valence-corrected chi connectivity index (χ1v) is 6.98. The van der Waals surface area contributed by atoms with Gasteiger partial charge < -0.3 is 4.90 Å². The standard InChI is InChI=1S/C13H14BrN3O/c14-9-4-5-10-11(8-9)15-13(16-12(10)18)17-6-2-1-3-7-17/h4-5,8H,1-3,6-7H2,(H,15,16,18). The Morgan fingerprint density at radius 3 is 2.78 bits per heavy atom. The van der Waals surface area contributed by atoms with E-state index in [9.17, 15) is 4.79 Å². The van der Waals surface area contributed by atoms with E-state index in [1.54, 1.807) is 6.07 Å². The average molecular weight is 308 g/mol. The van der Waals surface area contributed by atoms with Gasteiger partial charge in [-0.2, -0.15) is 0 Å². The molecule has 5 heteroatoms. The molecule has 0 spiro atoms. The maximum absolute atomic E-state index is 12.0. The molecule has 1 saturated heterocycles. The molecule has 4 nitrogen and oxygen atoms in total. The molecule has 94 valence electrons. The summed E-state index contributed by atoms with van der Waals surface area (Å²) in [6.07, 6.45) is 3.60. The van der Waals surface area contributed by atoms with Crippen molar-refractivity contribution in [1.29, 1.82) is 0 Å². The van der Waals surface area contributed by atoms with Gasteiger partial charge in [-0.15, -0.1) is 0 Å². The lowest BCUT2D eigenvalue weighted by Crippen LogP contribution is -2.32. The highest BCUT2D eigenvalue weighted by molar-refractivity contribution is 9.10. The zero-order valence-electron chi connectivity index (χ0n) is 9.95. The van der Waals surface area contributed by atoms with Crippen LogP contribution in [0.3, 0.4) is 0 Å². The predicted octanol–water partition coefficient (Wildman–Crippen LogP) is 2.68. The molecule has 3 rings (SSSR count). The van der Waals surface area contributed by atoms with E-state index in [1.165, 1.54) is 19.3 Å². The summed E-state index contributed by atoms with van der Waals surface area (Å²) >= 11 is 3.41. The summed E-state index contributed by atoms with van der Waals surface area (Å²) in [6.45, 7) is 1.95. The highest BCUT2D eigenvalue weighted by Gasteiger charge is 2.14. The van der Waals surface area contributed by atoms with Crippen molar-refractivity contribution >= 4 is 32.8 Å². The summed E-state index contributed by atoms with van der Waals surface area (Å²) in [5.74, 6) is 0.699. The summed E-state index contributed by atoms with van der Waals surface area (Å²) in [4.78, 5) is 21.6. The second kappa shape index (κ2) is 4.72. The van der Waals surface area contributed by atoms with Crippen molar-refractivity contribution in [3.63, 3.8) is 0 Å². The summed E-state index contributed by atoms with van der Waals surface area (Å²) in [5.41, 5.74) is 0.682. The lowest BCUT2D eigenvalue weighted by Gasteiger charge is -2.27. The van der Waals surface area contributed by atoms with Crippen LogP contribution in [0, 0.1) is 0 Å². The van der Waals surface area contributed by atoms with Gasteiger partial charge in [-0.1, -0.05) is 15.9 Å². The lowest BCUT2D eigenvalue weighted by atomic mass is 10.1. The minimum atomic E-state index is -0.0620. The van der Waals surface area contributed by atoms with E-state index in [0.29, 0.717) is 11.3 Å². The summed E-state index contributed by atoms with van der Waals surface area (Å²) < 4.78 is 0.942. The number of rotatable bonds is 1. The van der Waals surface area contributed by atoms with E-state index >= 15 is 0 Å². The van der Waals surface area contributed by atoms with Crippen LogP contribution in [-0.2, 0) is 0 Å². The van der Waals surface area contributed by atoms with Crippen molar-refractivity contribution in [3.05, 3.63) is 33.0 Å². The van der Waals surface area contributed by atoms with Crippen LogP contribution in [-0.4, -0.2) is 23.1 Å². The minimum absolute atomic E-state index is 0.0620. The summed E-state index contributed by atoms with van der Waals surface area (Å²) in [5, 5.41) is 0.638. The fraction of sp³-hybridized carbons (Fsp3) is 0.385. The van der Waals surface area contributed by atoms with Gasteiger partial charge in [0.2, 0.25) is 5.95 Å². The van der Waals surface area contributed by atoms with Crippen LogP contribution in [0.25, 0.3) is 10.9 Å². The van der Waals surface area contributed by atoms with Crippen molar-refractivity contribution < 1.29 is 0 Å². The van der Waals surface area contributed by atoms with Crippen LogP contribution in [0.1, 0.15) is 19.3 Å². The molecular formula is C13H14BrN3O. The fourth-order valence-electron chi connectivity index (χ4n) is 2.36. The Labute approximate surface area is 113 Å². The average Bonchev–Trinajstić information content (AvgIpc) is 2.39. The van der Waals surface area contributed by atoms with Crippen LogP contribution < -0.4 is 10.5 Å². The van der Waals surface area contributed by atoms with Gasteiger partial charge in [0.1, 0.15) is 0 Å². The summed E-state index contributed by atoms with van der Waals surface area (Å²) in [7, 11) is 0. The number of aromatic nitrogens is 2.